The molecule has 18 heavy (non-hydrogen) atoms. The van der Waals surface area contributed by atoms with E-state index in [0.29, 0.717) is 6.04 Å². The zero-order valence-electron chi connectivity index (χ0n) is 10.6. The van der Waals surface area contributed by atoms with Gasteiger partial charge in [-0.1, -0.05) is 6.42 Å². The first-order chi connectivity index (χ1) is 8.75. The first kappa shape index (κ1) is 13.1. The lowest BCUT2D eigenvalue weighted by atomic mass is 9.86. The van der Waals surface area contributed by atoms with Gasteiger partial charge < -0.3 is 10.4 Å². The van der Waals surface area contributed by atoms with Crippen molar-refractivity contribution in [3.05, 3.63) is 18.5 Å². The fourth-order valence-electron chi connectivity index (χ4n) is 2.58. The molecule has 2 unspecified atom stereocenters. The van der Waals surface area contributed by atoms with Gasteiger partial charge in [0.25, 0.3) is 0 Å². The predicted octanol–water partition coefficient (Wildman–Crippen LogP) is 1.51. The lowest BCUT2D eigenvalue weighted by molar-refractivity contribution is -0.143. The summed E-state index contributed by atoms with van der Waals surface area (Å²) in [5.41, 5.74) is 0. The van der Waals surface area contributed by atoms with Gasteiger partial charge in [0.15, 0.2) is 0 Å². The van der Waals surface area contributed by atoms with E-state index in [9.17, 15) is 4.79 Å². The third-order valence-corrected chi connectivity index (χ3v) is 3.58. The SMILES string of the molecule is O=C(O)C1CCCC(NCCCn2cccn2)C1. The molecule has 2 rings (SSSR count). The summed E-state index contributed by atoms with van der Waals surface area (Å²) < 4.78 is 1.92. The average molecular weight is 251 g/mol. The van der Waals surface area contributed by atoms with Crippen molar-refractivity contribution in [1.82, 2.24) is 15.1 Å². The molecule has 1 heterocycles. The number of nitrogens with zero attached hydrogens (tertiary/aromatic N) is 2. The van der Waals surface area contributed by atoms with E-state index < -0.39 is 5.97 Å². The van der Waals surface area contributed by atoms with Crippen molar-refractivity contribution in [2.75, 3.05) is 6.54 Å². The summed E-state index contributed by atoms with van der Waals surface area (Å²) in [6.45, 7) is 1.84. The maximum Gasteiger partial charge on any atom is 0.306 e. The highest BCUT2D eigenvalue weighted by Gasteiger charge is 2.26. The first-order valence-corrected chi connectivity index (χ1v) is 6.69. The number of hydrogen-bond donors (Lipinski definition) is 2. The minimum Gasteiger partial charge on any atom is -0.481 e. The fourth-order valence-corrected chi connectivity index (χ4v) is 2.58. The van der Waals surface area contributed by atoms with Gasteiger partial charge in [0, 0.05) is 25.0 Å². The lowest BCUT2D eigenvalue weighted by Gasteiger charge is -2.27. The molecule has 1 aliphatic carbocycles. The molecular formula is C13H21N3O2. The summed E-state index contributed by atoms with van der Waals surface area (Å²) in [7, 11) is 0. The van der Waals surface area contributed by atoms with E-state index >= 15 is 0 Å². The molecule has 5 nitrogen and oxygen atoms in total. The van der Waals surface area contributed by atoms with Gasteiger partial charge in [-0.3, -0.25) is 9.48 Å². The number of carbonyl (C=O) groups is 1. The summed E-state index contributed by atoms with van der Waals surface area (Å²) >= 11 is 0. The molecule has 1 saturated carbocycles. The zero-order valence-corrected chi connectivity index (χ0v) is 10.6. The van der Waals surface area contributed by atoms with E-state index in [1.807, 2.05) is 16.9 Å². The molecular weight excluding hydrogens is 230 g/mol. The number of carboxylic acids is 1. The molecule has 0 aromatic carbocycles. The highest BCUT2D eigenvalue weighted by Crippen LogP contribution is 2.24. The largest absolute Gasteiger partial charge is 0.481 e. The maximum atomic E-state index is 10.9. The summed E-state index contributed by atoms with van der Waals surface area (Å²) in [5.74, 6) is -0.791. The second-order valence-electron chi connectivity index (χ2n) is 4.98. The van der Waals surface area contributed by atoms with Gasteiger partial charge in [-0.2, -0.15) is 5.10 Å². The Morgan fingerprint density at radius 3 is 3.11 bits per heavy atom. The van der Waals surface area contributed by atoms with Crippen LogP contribution >= 0.6 is 0 Å². The minimum absolute atomic E-state index is 0.151. The van der Waals surface area contributed by atoms with Crippen LogP contribution in [0.3, 0.4) is 0 Å². The van der Waals surface area contributed by atoms with Crippen LogP contribution in [-0.4, -0.2) is 33.4 Å². The van der Waals surface area contributed by atoms with Gasteiger partial charge in [0.2, 0.25) is 0 Å². The van der Waals surface area contributed by atoms with Gasteiger partial charge in [0.05, 0.1) is 5.92 Å². The molecule has 2 N–H and O–H groups in total. The summed E-state index contributed by atoms with van der Waals surface area (Å²) in [6.07, 6.45) is 8.50. The Balaban J connectivity index is 1.62. The molecule has 5 heteroatoms. The first-order valence-electron chi connectivity index (χ1n) is 6.69. The second-order valence-corrected chi connectivity index (χ2v) is 4.98. The maximum absolute atomic E-state index is 10.9. The lowest BCUT2D eigenvalue weighted by Crippen LogP contribution is -2.37. The Morgan fingerprint density at radius 2 is 2.39 bits per heavy atom. The Labute approximate surface area is 107 Å². The Morgan fingerprint density at radius 1 is 1.50 bits per heavy atom. The second kappa shape index (κ2) is 6.54. The van der Waals surface area contributed by atoms with Crippen LogP contribution in [0.4, 0.5) is 0 Å². The minimum atomic E-state index is -0.641. The molecule has 2 atom stereocenters. The standard InChI is InChI=1S/C13H21N3O2/c17-13(18)11-4-1-5-12(10-11)14-6-2-8-16-9-3-7-15-16/h3,7,9,11-12,14H,1-2,4-6,8,10H2,(H,17,18). The van der Waals surface area contributed by atoms with Crippen LogP contribution in [0.2, 0.25) is 0 Å². The van der Waals surface area contributed by atoms with E-state index in [2.05, 4.69) is 10.4 Å². The summed E-state index contributed by atoms with van der Waals surface area (Å²) in [5, 5.41) is 16.6. The van der Waals surface area contributed by atoms with Crippen molar-refractivity contribution in [2.24, 2.45) is 5.92 Å². The Bertz CT molecular complexity index is 364. The van der Waals surface area contributed by atoms with Crippen molar-refractivity contribution in [2.45, 2.75) is 44.7 Å². The molecule has 1 aromatic heterocycles. The molecule has 1 aromatic rings. The van der Waals surface area contributed by atoms with E-state index in [-0.39, 0.29) is 5.92 Å². The fraction of sp³-hybridized carbons (Fsp3) is 0.692. The van der Waals surface area contributed by atoms with Crippen molar-refractivity contribution in [3.63, 3.8) is 0 Å². The highest BCUT2D eigenvalue weighted by molar-refractivity contribution is 5.70. The van der Waals surface area contributed by atoms with Crippen LogP contribution in [-0.2, 0) is 11.3 Å². The van der Waals surface area contributed by atoms with Gasteiger partial charge in [-0.15, -0.1) is 0 Å². The quantitative estimate of drug-likeness (QED) is 0.752. The summed E-state index contributed by atoms with van der Waals surface area (Å²) in [6, 6.07) is 2.30. The Hall–Kier alpha value is -1.36. The van der Waals surface area contributed by atoms with Crippen LogP contribution in [0.25, 0.3) is 0 Å². The van der Waals surface area contributed by atoms with Gasteiger partial charge in [-0.05, 0) is 38.3 Å². The smallest absolute Gasteiger partial charge is 0.306 e. The van der Waals surface area contributed by atoms with Crippen molar-refractivity contribution in [3.8, 4) is 0 Å². The highest BCUT2D eigenvalue weighted by atomic mass is 16.4. The predicted molar refractivity (Wildman–Crippen MR) is 68.2 cm³/mol. The summed E-state index contributed by atoms with van der Waals surface area (Å²) in [4.78, 5) is 10.9. The third kappa shape index (κ3) is 3.84. The van der Waals surface area contributed by atoms with E-state index in [1.54, 1.807) is 6.20 Å². The normalized spacial score (nSPS) is 24.0. The van der Waals surface area contributed by atoms with Crippen molar-refractivity contribution in [1.29, 1.82) is 0 Å². The van der Waals surface area contributed by atoms with Crippen molar-refractivity contribution < 1.29 is 9.90 Å². The Kier molecular flexibility index (Phi) is 4.75. The molecule has 100 valence electrons. The monoisotopic (exact) mass is 251 g/mol. The number of rotatable bonds is 6. The number of nitrogens with one attached hydrogen (secondary N) is 1. The average Bonchev–Trinajstić information content (AvgIpc) is 2.88. The van der Waals surface area contributed by atoms with Crippen LogP contribution in [0.1, 0.15) is 32.1 Å². The van der Waals surface area contributed by atoms with Gasteiger partial charge >= 0.3 is 5.97 Å². The van der Waals surface area contributed by atoms with Gasteiger partial charge in [-0.25, -0.2) is 0 Å². The molecule has 0 radical (unpaired) electrons. The molecule has 0 bridgehead atoms. The topological polar surface area (TPSA) is 67.2 Å². The number of hydrogen-bond acceptors (Lipinski definition) is 3. The van der Waals surface area contributed by atoms with Crippen LogP contribution in [0.5, 0.6) is 0 Å². The molecule has 1 aliphatic rings. The number of aliphatic carboxylic acids is 1. The van der Waals surface area contributed by atoms with Gasteiger partial charge in [0.1, 0.15) is 0 Å². The molecule has 1 fully saturated rings. The molecule has 0 amide bonds. The molecule has 0 spiro atoms. The number of aromatic nitrogens is 2. The van der Waals surface area contributed by atoms with Crippen LogP contribution in [0, 0.1) is 5.92 Å². The van der Waals surface area contributed by atoms with Crippen LogP contribution in [0.15, 0.2) is 18.5 Å². The third-order valence-electron chi connectivity index (χ3n) is 3.58. The number of aryl methyl sites for hydroxylation is 1. The van der Waals surface area contributed by atoms with E-state index in [4.69, 9.17) is 5.11 Å². The van der Waals surface area contributed by atoms with Crippen molar-refractivity contribution >= 4 is 5.97 Å². The van der Waals surface area contributed by atoms with E-state index in [0.717, 1.165) is 45.2 Å². The van der Waals surface area contributed by atoms with E-state index in [1.165, 1.54) is 0 Å². The molecule has 0 aliphatic heterocycles. The zero-order chi connectivity index (χ0) is 12.8. The van der Waals surface area contributed by atoms with Crippen LogP contribution < -0.4 is 5.32 Å². The number of carboxylic acid groups (broad SMARTS) is 1. The molecule has 0 saturated heterocycles.